The molecule has 0 aliphatic heterocycles. The van der Waals surface area contributed by atoms with Crippen LogP contribution in [-0.2, 0) is 0 Å². The van der Waals surface area contributed by atoms with Crippen molar-refractivity contribution in [2.45, 2.75) is 6.92 Å². The Balaban J connectivity index is 2.07. The van der Waals surface area contributed by atoms with Gasteiger partial charge in [0.2, 0.25) is 11.2 Å². The Kier molecular flexibility index (Phi) is 3.62. The normalized spacial score (nSPS) is 11.0. The molecule has 0 bridgehead atoms. The van der Waals surface area contributed by atoms with E-state index in [1.165, 1.54) is 17.4 Å². The summed E-state index contributed by atoms with van der Waals surface area (Å²) in [6.45, 7) is 1.96. The zero-order valence-electron chi connectivity index (χ0n) is 10.2. The molecule has 0 aliphatic carbocycles. The highest BCUT2D eigenvalue weighted by atomic mass is 79.9. The number of rotatable bonds is 2. The minimum Gasteiger partial charge on any atom is -0.438 e. The van der Waals surface area contributed by atoms with Crippen LogP contribution < -0.4 is 4.74 Å². The summed E-state index contributed by atoms with van der Waals surface area (Å²) in [7, 11) is 0. The first-order valence-corrected chi connectivity index (χ1v) is 7.58. The van der Waals surface area contributed by atoms with E-state index < -0.39 is 5.82 Å². The van der Waals surface area contributed by atoms with Gasteiger partial charge in [0.15, 0.2) is 0 Å². The second-order valence-electron chi connectivity index (χ2n) is 4.05. The number of ether oxygens (including phenoxy) is 1. The third-order valence-electron chi connectivity index (χ3n) is 2.56. The van der Waals surface area contributed by atoms with Crippen LogP contribution in [0, 0.1) is 12.7 Å². The Morgan fingerprint density at radius 3 is 2.85 bits per heavy atom. The number of benzene rings is 1. The van der Waals surface area contributed by atoms with Crippen molar-refractivity contribution < 1.29 is 9.13 Å². The molecule has 0 fully saturated rings. The zero-order valence-corrected chi connectivity index (χ0v) is 13.3. The van der Waals surface area contributed by atoms with E-state index in [0.29, 0.717) is 16.1 Å². The Morgan fingerprint density at radius 2 is 2.10 bits per heavy atom. The molecule has 0 spiro atoms. The largest absolute Gasteiger partial charge is 0.438 e. The predicted octanol–water partition coefficient (Wildman–Crippen LogP) is 5.35. The van der Waals surface area contributed by atoms with Crippen molar-refractivity contribution in [3.05, 3.63) is 44.7 Å². The number of hydrogen-bond donors (Lipinski definition) is 0. The zero-order chi connectivity index (χ0) is 14.3. The lowest BCUT2D eigenvalue weighted by molar-refractivity contribution is 0.463. The third-order valence-corrected chi connectivity index (χ3v) is 4.32. The fourth-order valence-electron chi connectivity index (χ4n) is 1.72. The molecule has 1 aromatic carbocycles. The minimum absolute atomic E-state index is 0.104. The van der Waals surface area contributed by atoms with E-state index in [1.807, 2.05) is 13.0 Å². The van der Waals surface area contributed by atoms with Crippen LogP contribution in [0.3, 0.4) is 0 Å². The second kappa shape index (κ2) is 5.27. The first-order chi connectivity index (χ1) is 9.52. The standard InChI is InChI=1S/C13H7BrClFN2OS/c1-6-4-8-11(17-13(15)18-12(8)20-6)19-7-2-3-9(14)10(16)5-7/h2-5H,1H3. The van der Waals surface area contributed by atoms with Crippen LogP contribution in [0.5, 0.6) is 11.6 Å². The van der Waals surface area contributed by atoms with Crippen molar-refractivity contribution in [2.75, 3.05) is 0 Å². The van der Waals surface area contributed by atoms with Gasteiger partial charge in [-0.3, -0.25) is 0 Å². The fraction of sp³-hybridized carbons (Fsp3) is 0.0769. The van der Waals surface area contributed by atoms with Crippen molar-refractivity contribution in [3.8, 4) is 11.6 Å². The molecule has 0 radical (unpaired) electrons. The number of hydrogen-bond acceptors (Lipinski definition) is 4. The number of thiophene rings is 1. The maximum Gasteiger partial charge on any atom is 0.232 e. The lowest BCUT2D eigenvalue weighted by atomic mass is 10.3. The monoisotopic (exact) mass is 372 g/mol. The molecule has 0 atom stereocenters. The first-order valence-electron chi connectivity index (χ1n) is 5.59. The molecule has 0 unspecified atom stereocenters. The number of fused-ring (bicyclic) bond motifs is 1. The van der Waals surface area contributed by atoms with Gasteiger partial charge in [-0.05, 0) is 52.7 Å². The van der Waals surface area contributed by atoms with Gasteiger partial charge >= 0.3 is 0 Å². The van der Waals surface area contributed by atoms with Gasteiger partial charge in [0.1, 0.15) is 16.4 Å². The highest BCUT2D eigenvalue weighted by Gasteiger charge is 2.12. The van der Waals surface area contributed by atoms with Gasteiger partial charge in [0, 0.05) is 10.9 Å². The lowest BCUT2D eigenvalue weighted by Crippen LogP contribution is -1.92. The summed E-state index contributed by atoms with van der Waals surface area (Å²) in [5, 5.41) is 0.868. The maximum absolute atomic E-state index is 13.5. The molecule has 2 aromatic heterocycles. The van der Waals surface area contributed by atoms with E-state index in [-0.39, 0.29) is 5.28 Å². The molecule has 0 aliphatic rings. The maximum atomic E-state index is 13.5. The summed E-state index contributed by atoms with van der Waals surface area (Å²) < 4.78 is 19.5. The summed E-state index contributed by atoms with van der Waals surface area (Å²) >= 11 is 10.5. The molecule has 102 valence electrons. The van der Waals surface area contributed by atoms with E-state index >= 15 is 0 Å². The molecular formula is C13H7BrClFN2OS. The van der Waals surface area contributed by atoms with Crippen molar-refractivity contribution in [2.24, 2.45) is 0 Å². The predicted molar refractivity (Wildman–Crippen MR) is 81.3 cm³/mol. The topological polar surface area (TPSA) is 35.0 Å². The first kappa shape index (κ1) is 13.7. The molecule has 0 saturated carbocycles. The van der Waals surface area contributed by atoms with Crippen molar-refractivity contribution in [1.82, 2.24) is 9.97 Å². The van der Waals surface area contributed by atoms with Gasteiger partial charge in [-0.1, -0.05) is 0 Å². The van der Waals surface area contributed by atoms with Gasteiger partial charge in [0.25, 0.3) is 0 Å². The highest BCUT2D eigenvalue weighted by Crippen LogP contribution is 2.34. The Hall–Kier alpha value is -1.24. The third kappa shape index (κ3) is 2.63. The quantitative estimate of drug-likeness (QED) is 0.568. The van der Waals surface area contributed by atoms with Crippen LogP contribution in [0.2, 0.25) is 5.28 Å². The van der Waals surface area contributed by atoms with Gasteiger partial charge in [-0.15, -0.1) is 11.3 Å². The molecule has 3 rings (SSSR count). The molecular weight excluding hydrogens is 367 g/mol. The van der Waals surface area contributed by atoms with Crippen molar-refractivity contribution >= 4 is 49.1 Å². The van der Waals surface area contributed by atoms with Crippen LogP contribution in [0.15, 0.2) is 28.7 Å². The molecule has 20 heavy (non-hydrogen) atoms. The summed E-state index contributed by atoms with van der Waals surface area (Å²) in [5.41, 5.74) is 0. The van der Waals surface area contributed by atoms with Crippen LogP contribution in [0.25, 0.3) is 10.2 Å². The van der Waals surface area contributed by atoms with E-state index in [2.05, 4.69) is 25.9 Å². The van der Waals surface area contributed by atoms with Crippen LogP contribution in [0.4, 0.5) is 4.39 Å². The number of nitrogens with zero attached hydrogens (tertiary/aromatic N) is 2. The molecule has 3 aromatic rings. The summed E-state index contributed by atoms with van der Waals surface area (Å²) in [6.07, 6.45) is 0. The van der Waals surface area contributed by atoms with E-state index in [4.69, 9.17) is 16.3 Å². The molecule has 2 heterocycles. The van der Waals surface area contributed by atoms with Gasteiger partial charge in [0.05, 0.1) is 9.86 Å². The highest BCUT2D eigenvalue weighted by molar-refractivity contribution is 9.10. The Bertz CT molecular complexity index is 808. The number of aryl methyl sites for hydroxylation is 1. The van der Waals surface area contributed by atoms with Gasteiger partial charge < -0.3 is 4.74 Å². The van der Waals surface area contributed by atoms with Crippen molar-refractivity contribution in [3.63, 3.8) is 0 Å². The summed E-state index contributed by atoms with van der Waals surface area (Å²) in [6, 6.07) is 6.42. The molecule has 0 amide bonds. The smallest absolute Gasteiger partial charge is 0.232 e. The minimum atomic E-state index is -0.402. The van der Waals surface area contributed by atoms with E-state index in [9.17, 15) is 4.39 Å². The van der Waals surface area contributed by atoms with Crippen LogP contribution in [0.1, 0.15) is 4.88 Å². The van der Waals surface area contributed by atoms with Crippen LogP contribution >= 0.6 is 38.9 Å². The van der Waals surface area contributed by atoms with E-state index in [0.717, 1.165) is 15.1 Å². The van der Waals surface area contributed by atoms with E-state index in [1.54, 1.807) is 12.1 Å². The average Bonchev–Trinajstić information content (AvgIpc) is 2.74. The van der Waals surface area contributed by atoms with Crippen molar-refractivity contribution in [1.29, 1.82) is 0 Å². The molecule has 0 N–H and O–H groups in total. The Morgan fingerprint density at radius 1 is 1.30 bits per heavy atom. The summed E-state index contributed by atoms with van der Waals surface area (Å²) in [5.74, 6) is 0.275. The van der Waals surface area contributed by atoms with Gasteiger partial charge in [-0.2, -0.15) is 4.98 Å². The number of halogens is 3. The lowest BCUT2D eigenvalue weighted by Gasteiger charge is -2.06. The Labute approximate surface area is 131 Å². The van der Waals surface area contributed by atoms with Crippen LogP contribution in [-0.4, -0.2) is 9.97 Å². The average molecular weight is 374 g/mol. The fourth-order valence-corrected chi connectivity index (χ4v) is 3.05. The SMILES string of the molecule is Cc1cc2c(Oc3ccc(Br)c(F)c3)nc(Cl)nc2s1. The molecule has 3 nitrogen and oxygen atoms in total. The summed E-state index contributed by atoms with van der Waals surface area (Å²) in [4.78, 5) is 10.0. The molecule has 7 heteroatoms. The molecule has 0 saturated heterocycles. The van der Waals surface area contributed by atoms with Gasteiger partial charge in [-0.25, -0.2) is 9.37 Å². The number of aromatic nitrogens is 2. The second-order valence-corrected chi connectivity index (χ2v) is 6.48.